The summed E-state index contributed by atoms with van der Waals surface area (Å²) in [7, 11) is 0. The van der Waals surface area contributed by atoms with Gasteiger partial charge in [-0.1, -0.05) is 0 Å². The maximum atomic E-state index is 12.9. The second kappa shape index (κ2) is 4.41. The third-order valence-electron chi connectivity index (χ3n) is 2.94. The molecule has 0 saturated heterocycles. The van der Waals surface area contributed by atoms with Crippen molar-refractivity contribution in [2.45, 2.75) is 38.8 Å². The molecule has 0 radical (unpaired) electrons. The van der Waals surface area contributed by atoms with Gasteiger partial charge in [0.15, 0.2) is 0 Å². The van der Waals surface area contributed by atoms with Gasteiger partial charge >= 0.3 is 0 Å². The molecule has 0 aliphatic heterocycles. The van der Waals surface area contributed by atoms with Crippen LogP contribution >= 0.6 is 0 Å². The number of aromatic nitrogens is 1. The van der Waals surface area contributed by atoms with Crippen LogP contribution in [0.4, 0.5) is 4.39 Å². The van der Waals surface area contributed by atoms with Crippen molar-refractivity contribution in [1.29, 1.82) is 0 Å². The largest absolute Gasteiger partial charge is 0.388 e. The molecule has 0 aromatic carbocycles. The van der Waals surface area contributed by atoms with E-state index in [0.29, 0.717) is 0 Å². The molecule has 5 heteroatoms. The van der Waals surface area contributed by atoms with Crippen molar-refractivity contribution >= 4 is 5.91 Å². The first kappa shape index (κ1) is 13.6. The van der Waals surface area contributed by atoms with Gasteiger partial charge in [-0.2, -0.15) is 4.39 Å². The Morgan fingerprint density at radius 3 is 2.47 bits per heavy atom. The minimum atomic E-state index is -1.09. The molecule has 1 heterocycles. The van der Waals surface area contributed by atoms with Crippen LogP contribution in [0.2, 0.25) is 0 Å². The molecule has 0 spiro atoms. The molecule has 0 unspecified atom stereocenters. The Labute approximate surface area is 99.9 Å². The average molecular weight is 240 g/mol. The summed E-state index contributed by atoms with van der Waals surface area (Å²) in [6, 6.07) is 2.47. The van der Waals surface area contributed by atoms with E-state index in [9.17, 15) is 14.3 Å². The number of aliphatic hydroxyl groups is 1. The molecule has 17 heavy (non-hydrogen) atoms. The van der Waals surface area contributed by atoms with Gasteiger partial charge in [0.2, 0.25) is 5.95 Å². The van der Waals surface area contributed by atoms with Gasteiger partial charge in [0.05, 0.1) is 11.1 Å². The smallest absolute Gasteiger partial charge is 0.252 e. The summed E-state index contributed by atoms with van der Waals surface area (Å²) in [4.78, 5) is 15.2. The van der Waals surface area contributed by atoms with Crippen LogP contribution in [0.25, 0.3) is 0 Å². The van der Waals surface area contributed by atoms with Crippen molar-refractivity contribution in [3.05, 3.63) is 29.8 Å². The highest BCUT2D eigenvalue weighted by atomic mass is 19.1. The third kappa shape index (κ3) is 3.23. The van der Waals surface area contributed by atoms with E-state index in [0.717, 1.165) is 6.07 Å². The number of carbonyl (C=O) groups is 1. The van der Waals surface area contributed by atoms with Crippen LogP contribution in [0.15, 0.2) is 18.3 Å². The Bertz CT molecular complexity index is 425. The summed E-state index contributed by atoms with van der Waals surface area (Å²) in [6.07, 6.45) is 1.22. The van der Waals surface area contributed by atoms with E-state index in [-0.39, 0.29) is 5.56 Å². The molecule has 0 atom stereocenters. The van der Waals surface area contributed by atoms with Gasteiger partial charge in [0.25, 0.3) is 5.91 Å². The monoisotopic (exact) mass is 240 g/mol. The van der Waals surface area contributed by atoms with Crippen LogP contribution in [0.5, 0.6) is 0 Å². The Morgan fingerprint density at radius 1 is 1.41 bits per heavy atom. The first-order valence-corrected chi connectivity index (χ1v) is 5.30. The Hall–Kier alpha value is -1.49. The molecule has 2 N–H and O–H groups in total. The molecule has 0 fully saturated rings. The van der Waals surface area contributed by atoms with Gasteiger partial charge in [-0.25, -0.2) is 4.98 Å². The summed E-state index contributed by atoms with van der Waals surface area (Å²) < 4.78 is 12.9. The highest BCUT2D eigenvalue weighted by Gasteiger charge is 2.36. The summed E-state index contributed by atoms with van der Waals surface area (Å²) in [5.41, 5.74) is -1.74. The second-order valence-corrected chi connectivity index (χ2v) is 5.01. The maximum Gasteiger partial charge on any atom is 0.252 e. The zero-order valence-corrected chi connectivity index (χ0v) is 10.4. The summed E-state index contributed by atoms with van der Waals surface area (Å²) in [5.74, 6) is -1.16. The second-order valence-electron chi connectivity index (χ2n) is 5.01. The summed E-state index contributed by atoms with van der Waals surface area (Å²) >= 11 is 0. The topological polar surface area (TPSA) is 62.2 Å². The average Bonchev–Trinajstić information content (AvgIpc) is 2.15. The lowest BCUT2D eigenvalue weighted by Crippen LogP contribution is -2.57. The molecule has 1 aromatic rings. The lowest BCUT2D eigenvalue weighted by molar-refractivity contribution is -0.00293. The molecule has 94 valence electrons. The molecule has 0 aliphatic carbocycles. The summed E-state index contributed by atoms with van der Waals surface area (Å²) in [6.45, 7) is 6.59. The highest BCUT2D eigenvalue weighted by molar-refractivity contribution is 5.94. The van der Waals surface area contributed by atoms with Gasteiger partial charge in [-0.05, 0) is 33.8 Å². The van der Waals surface area contributed by atoms with Crippen molar-refractivity contribution < 1.29 is 14.3 Å². The fourth-order valence-corrected chi connectivity index (χ4v) is 1.05. The molecule has 0 saturated carbocycles. The number of nitrogens with zero attached hydrogens (tertiary/aromatic N) is 1. The SMILES string of the molecule is CC(C)(O)C(C)(C)NC(=O)c1ccnc(F)c1. The molecule has 1 aromatic heterocycles. The number of carbonyl (C=O) groups excluding carboxylic acids is 1. The van der Waals surface area contributed by atoms with E-state index in [1.165, 1.54) is 12.3 Å². The molecular formula is C12H17FN2O2. The van der Waals surface area contributed by atoms with E-state index in [1.54, 1.807) is 27.7 Å². The zero-order chi connectivity index (χ0) is 13.3. The molecule has 4 nitrogen and oxygen atoms in total. The van der Waals surface area contributed by atoms with E-state index >= 15 is 0 Å². The Morgan fingerprint density at radius 2 is 2.00 bits per heavy atom. The van der Waals surface area contributed by atoms with E-state index in [1.807, 2.05) is 0 Å². The molecule has 1 amide bonds. The predicted octanol–water partition coefficient (Wildman–Crippen LogP) is 1.50. The highest BCUT2D eigenvalue weighted by Crippen LogP contribution is 2.21. The first-order valence-electron chi connectivity index (χ1n) is 5.30. The van der Waals surface area contributed by atoms with Crippen molar-refractivity contribution in [3.63, 3.8) is 0 Å². The molecule has 1 rings (SSSR count). The quantitative estimate of drug-likeness (QED) is 0.787. The van der Waals surface area contributed by atoms with Crippen LogP contribution in [-0.2, 0) is 0 Å². The lowest BCUT2D eigenvalue weighted by Gasteiger charge is -2.37. The number of nitrogens with one attached hydrogen (secondary N) is 1. The lowest BCUT2D eigenvalue weighted by atomic mass is 9.86. The fourth-order valence-electron chi connectivity index (χ4n) is 1.05. The third-order valence-corrected chi connectivity index (χ3v) is 2.94. The predicted molar refractivity (Wildman–Crippen MR) is 62.0 cm³/mol. The number of hydrogen-bond acceptors (Lipinski definition) is 3. The Balaban J connectivity index is 2.87. The molecule has 0 aliphatic rings. The van der Waals surface area contributed by atoms with Gasteiger partial charge in [-0.3, -0.25) is 4.79 Å². The number of amides is 1. The van der Waals surface area contributed by atoms with Crippen LogP contribution in [0, 0.1) is 5.95 Å². The van der Waals surface area contributed by atoms with Gasteiger partial charge in [-0.15, -0.1) is 0 Å². The number of hydrogen-bond donors (Lipinski definition) is 2. The van der Waals surface area contributed by atoms with Gasteiger partial charge in [0.1, 0.15) is 0 Å². The molecule has 0 bridgehead atoms. The minimum absolute atomic E-state index is 0.176. The fraction of sp³-hybridized carbons (Fsp3) is 0.500. The standard InChI is InChI=1S/C12H17FN2O2/c1-11(2,12(3,4)17)15-10(16)8-5-6-14-9(13)7-8/h5-7,17H,1-4H3,(H,15,16). The van der Waals surface area contributed by atoms with Crippen LogP contribution < -0.4 is 5.32 Å². The van der Waals surface area contributed by atoms with Crippen molar-refractivity contribution in [2.24, 2.45) is 0 Å². The van der Waals surface area contributed by atoms with Gasteiger partial charge in [0, 0.05) is 17.8 Å². The summed E-state index contributed by atoms with van der Waals surface area (Å²) in [5, 5.41) is 12.6. The number of pyridine rings is 1. The zero-order valence-electron chi connectivity index (χ0n) is 10.4. The maximum absolute atomic E-state index is 12.9. The Kier molecular flexibility index (Phi) is 3.52. The van der Waals surface area contributed by atoms with Gasteiger partial charge < -0.3 is 10.4 Å². The van der Waals surface area contributed by atoms with Crippen LogP contribution in [0.3, 0.4) is 0 Å². The molecular weight excluding hydrogens is 223 g/mol. The number of rotatable bonds is 3. The van der Waals surface area contributed by atoms with Crippen molar-refractivity contribution in [2.75, 3.05) is 0 Å². The normalized spacial score (nSPS) is 12.4. The van der Waals surface area contributed by atoms with Crippen molar-refractivity contribution in [3.8, 4) is 0 Å². The number of halogens is 1. The van der Waals surface area contributed by atoms with E-state index < -0.39 is 23.0 Å². The van der Waals surface area contributed by atoms with E-state index in [4.69, 9.17) is 0 Å². The van der Waals surface area contributed by atoms with Crippen LogP contribution in [-0.4, -0.2) is 27.1 Å². The van der Waals surface area contributed by atoms with Crippen LogP contribution in [0.1, 0.15) is 38.1 Å². The van der Waals surface area contributed by atoms with Crippen molar-refractivity contribution in [1.82, 2.24) is 10.3 Å². The minimum Gasteiger partial charge on any atom is -0.388 e. The van der Waals surface area contributed by atoms with E-state index in [2.05, 4.69) is 10.3 Å². The first-order chi connectivity index (χ1) is 7.63.